The normalized spacial score (nSPS) is 10.7. The number of aromatic nitrogens is 2. The first-order valence-electron chi connectivity index (χ1n) is 8.85. The third kappa shape index (κ3) is 5.76. The molecule has 0 radical (unpaired) electrons. The fraction of sp³-hybridized carbons (Fsp3) is 0.450. The minimum absolute atomic E-state index is 0.0330. The Labute approximate surface area is 144 Å². The Kier molecular flexibility index (Phi) is 7.40. The van der Waals surface area contributed by atoms with Crippen molar-refractivity contribution in [2.75, 3.05) is 0 Å². The highest BCUT2D eigenvalue weighted by molar-refractivity contribution is 5.85. The molecule has 1 aromatic carbocycles. The van der Waals surface area contributed by atoms with Crippen LogP contribution in [0.1, 0.15) is 67.9 Å². The molecule has 0 aliphatic carbocycles. The summed E-state index contributed by atoms with van der Waals surface area (Å²) in [6, 6.07) is 8.31. The van der Waals surface area contributed by atoms with Crippen LogP contribution in [0.5, 0.6) is 0 Å². The van der Waals surface area contributed by atoms with Gasteiger partial charge in [-0.05, 0) is 18.4 Å². The van der Waals surface area contributed by atoms with Crippen LogP contribution in [0, 0.1) is 0 Å². The summed E-state index contributed by atoms with van der Waals surface area (Å²) < 4.78 is 0. The maximum atomic E-state index is 10.8. The summed E-state index contributed by atoms with van der Waals surface area (Å²) in [7, 11) is 0. The molecule has 1 N–H and O–H groups in total. The van der Waals surface area contributed by atoms with Gasteiger partial charge in [-0.2, -0.15) is 0 Å². The molecule has 0 spiro atoms. The zero-order valence-corrected chi connectivity index (χ0v) is 14.4. The fourth-order valence-electron chi connectivity index (χ4n) is 2.72. The Morgan fingerprint density at radius 1 is 0.917 bits per heavy atom. The number of aromatic carboxylic acids is 1. The number of carboxylic acid groups (broad SMARTS) is 1. The number of carboxylic acids is 1. The van der Waals surface area contributed by atoms with Gasteiger partial charge in [-0.1, -0.05) is 69.7 Å². The van der Waals surface area contributed by atoms with Crippen molar-refractivity contribution >= 4 is 5.97 Å². The van der Waals surface area contributed by atoms with Gasteiger partial charge >= 0.3 is 5.97 Å². The predicted octanol–water partition coefficient (Wildman–Crippen LogP) is 5.13. The molecule has 128 valence electrons. The molecule has 0 fully saturated rings. The molecule has 0 aliphatic rings. The molecule has 1 aromatic heterocycles. The van der Waals surface area contributed by atoms with Crippen LogP contribution in [0.2, 0.25) is 0 Å². The lowest BCUT2D eigenvalue weighted by Gasteiger charge is -2.05. The molecule has 0 saturated carbocycles. The first-order valence-corrected chi connectivity index (χ1v) is 8.85. The van der Waals surface area contributed by atoms with Crippen molar-refractivity contribution in [2.45, 2.75) is 58.3 Å². The maximum Gasteiger partial charge on any atom is 0.356 e. The molecule has 4 heteroatoms. The van der Waals surface area contributed by atoms with Crippen molar-refractivity contribution in [3.05, 3.63) is 47.9 Å². The number of hydrogen-bond acceptors (Lipinski definition) is 3. The third-order valence-corrected chi connectivity index (χ3v) is 4.19. The zero-order chi connectivity index (χ0) is 17.2. The Hall–Kier alpha value is -2.23. The van der Waals surface area contributed by atoms with E-state index in [1.807, 2.05) is 12.1 Å². The molecule has 0 unspecified atom stereocenters. The van der Waals surface area contributed by atoms with Crippen LogP contribution in [-0.4, -0.2) is 21.0 Å². The van der Waals surface area contributed by atoms with Gasteiger partial charge in [-0.3, -0.25) is 4.98 Å². The van der Waals surface area contributed by atoms with E-state index in [-0.39, 0.29) is 5.69 Å². The Balaban J connectivity index is 1.79. The van der Waals surface area contributed by atoms with Crippen molar-refractivity contribution < 1.29 is 9.90 Å². The summed E-state index contributed by atoms with van der Waals surface area (Å²) in [5.74, 6) is -1.06. The van der Waals surface area contributed by atoms with E-state index in [0.29, 0.717) is 5.69 Å². The highest BCUT2D eigenvalue weighted by Gasteiger charge is 2.06. The van der Waals surface area contributed by atoms with Gasteiger partial charge in [0.1, 0.15) is 0 Å². The molecule has 24 heavy (non-hydrogen) atoms. The largest absolute Gasteiger partial charge is 0.476 e. The lowest BCUT2D eigenvalue weighted by atomic mass is 10.0. The van der Waals surface area contributed by atoms with Crippen LogP contribution < -0.4 is 0 Å². The van der Waals surface area contributed by atoms with Gasteiger partial charge in [-0.15, -0.1) is 0 Å². The number of rotatable bonds is 10. The highest BCUT2D eigenvalue weighted by Crippen LogP contribution is 2.18. The Bertz CT molecular complexity index is 621. The van der Waals surface area contributed by atoms with E-state index in [0.717, 1.165) is 12.0 Å². The Morgan fingerprint density at radius 3 is 2.17 bits per heavy atom. The lowest BCUT2D eigenvalue weighted by molar-refractivity contribution is 0.0690. The molecule has 0 aliphatic heterocycles. The number of benzene rings is 1. The quantitative estimate of drug-likeness (QED) is 0.614. The van der Waals surface area contributed by atoms with Crippen LogP contribution in [0.25, 0.3) is 11.3 Å². The summed E-state index contributed by atoms with van der Waals surface area (Å²) in [6.07, 6.45) is 13.2. The van der Waals surface area contributed by atoms with Gasteiger partial charge in [0, 0.05) is 5.56 Å². The zero-order valence-electron chi connectivity index (χ0n) is 14.4. The molecule has 4 nitrogen and oxygen atoms in total. The van der Waals surface area contributed by atoms with Gasteiger partial charge in [-0.25, -0.2) is 9.78 Å². The number of unbranched alkanes of at least 4 members (excludes halogenated alkanes) is 6. The predicted molar refractivity (Wildman–Crippen MR) is 96.1 cm³/mol. The molecule has 0 atom stereocenters. The summed E-state index contributed by atoms with van der Waals surface area (Å²) in [5, 5.41) is 8.84. The van der Waals surface area contributed by atoms with E-state index < -0.39 is 5.97 Å². The first-order chi connectivity index (χ1) is 11.7. The van der Waals surface area contributed by atoms with Crippen molar-refractivity contribution in [3.8, 4) is 11.3 Å². The second-order valence-corrected chi connectivity index (χ2v) is 6.16. The number of hydrogen-bond donors (Lipinski definition) is 1. The second kappa shape index (κ2) is 9.81. The molecular formula is C20H26N2O2. The minimum atomic E-state index is -1.06. The lowest BCUT2D eigenvalue weighted by Crippen LogP contribution is -2.01. The monoisotopic (exact) mass is 326 g/mol. The number of carbonyl (C=O) groups is 1. The van der Waals surface area contributed by atoms with E-state index in [1.165, 1.54) is 62.9 Å². The summed E-state index contributed by atoms with van der Waals surface area (Å²) in [4.78, 5) is 18.9. The number of aryl methyl sites for hydroxylation is 1. The average Bonchev–Trinajstić information content (AvgIpc) is 2.61. The smallest absolute Gasteiger partial charge is 0.356 e. The minimum Gasteiger partial charge on any atom is -0.476 e. The van der Waals surface area contributed by atoms with Gasteiger partial charge in [0.15, 0.2) is 5.69 Å². The topological polar surface area (TPSA) is 63.1 Å². The third-order valence-electron chi connectivity index (χ3n) is 4.19. The van der Waals surface area contributed by atoms with E-state index in [1.54, 1.807) is 0 Å². The van der Waals surface area contributed by atoms with Crippen LogP contribution in [0.3, 0.4) is 0 Å². The summed E-state index contributed by atoms with van der Waals surface area (Å²) >= 11 is 0. The molecular weight excluding hydrogens is 300 g/mol. The van der Waals surface area contributed by atoms with E-state index >= 15 is 0 Å². The standard InChI is InChI=1S/C20H26N2O2/c1-2-3-4-5-6-7-8-9-16-10-12-17(13-11-16)18-14-22-19(15-21-18)20(23)24/h10-15H,2-9H2,1H3,(H,23,24). The molecule has 0 saturated heterocycles. The average molecular weight is 326 g/mol. The van der Waals surface area contributed by atoms with Gasteiger partial charge in [0.05, 0.1) is 18.1 Å². The second-order valence-electron chi connectivity index (χ2n) is 6.16. The number of nitrogens with zero attached hydrogens (tertiary/aromatic N) is 2. The summed E-state index contributed by atoms with van der Waals surface area (Å²) in [5.41, 5.74) is 2.96. The van der Waals surface area contributed by atoms with Crippen LogP contribution >= 0.6 is 0 Å². The van der Waals surface area contributed by atoms with Crippen LogP contribution in [-0.2, 0) is 6.42 Å². The van der Waals surface area contributed by atoms with Gasteiger partial charge in [0.25, 0.3) is 0 Å². The molecule has 1 heterocycles. The molecule has 0 amide bonds. The van der Waals surface area contributed by atoms with Crippen molar-refractivity contribution in [2.24, 2.45) is 0 Å². The van der Waals surface area contributed by atoms with Crippen LogP contribution in [0.15, 0.2) is 36.7 Å². The first kappa shape index (κ1) is 18.1. The van der Waals surface area contributed by atoms with Crippen molar-refractivity contribution in [1.82, 2.24) is 9.97 Å². The van der Waals surface area contributed by atoms with E-state index in [2.05, 4.69) is 29.0 Å². The molecule has 2 aromatic rings. The summed E-state index contributed by atoms with van der Waals surface area (Å²) in [6.45, 7) is 2.25. The fourth-order valence-corrected chi connectivity index (χ4v) is 2.72. The Morgan fingerprint density at radius 2 is 1.58 bits per heavy atom. The van der Waals surface area contributed by atoms with Crippen molar-refractivity contribution in [1.29, 1.82) is 0 Å². The molecule has 2 rings (SSSR count). The van der Waals surface area contributed by atoms with Crippen LogP contribution in [0.4, 0.5) is 0 Å². The SMILES string of the molecule is CCCCCCCCCc1ccc(-c2cnc(C(=O)O)cn2)cc1. The maximum absolute atomic E-state index is 10.8. The molecule has 0 bridgehead atoms. The highest BCUT2D eigenvalue weighted by atomic mass is 16.4. The van der Waals surface area contributed by atoms with E-state index in [4.69, 9.17) is 5.11 Å². The van der Waals surface area contributed by atoms with Gasteiger partial charge < -0.3 is 5.11 Å². The van der Waals surface area contributed by atoms with Crippen molar-refractivity contribution in [3.63, 3.8) is 0 Å². The van der Waals surface area contributed by atoms with Gasteiger partial charge in [0.2, 0.25) is 0 Å². The van der Waals surface area contributed by atoms with E-state index in [9.17, 15) is 4.79 Å².